The third-order valence-electron chi connectivity index (χ3n) is 3.29. The molecule has 1 amide bonds. The summed E-state index contributed by atoms with van der Waals surface area (Å²) in [5, 5.41) is 12.3. The van der Waals surface area contributed by atoms with Crippen LogP contribution in [0.4, 0.5) is 5.13 Å². The minimum atomic E-state index is -0.111. The van der Waals surface area contributed by atoms with Crippen molar-refractivity contribution in [2.45, 2.75) is 4.34 Å². The summed E-state index contributed by atoms with van der Waals surface area (Å²) in [6.07, 6.45) is 0. The van der Waals surface area contributed by atoms with E-state index in [2.05, 4.69) is 20.5 Å². The van der Waals surface area contributed by atoms with Gasteiger partial charge in [-0.05, 0) is 12.1 Å². The molecule has 0 aliphatic carbocycles. The van der Waals surface area contributed by atoms with Gasteiger partial charge in [0, 0.05) is 5.56 Å². The smallest absolute Gasteiger partial charge is 0.236 e. The molecule has 0 atom stereocenters. The summed E-state index contributed by atoms with van der Waals surface area (Å²) in [4.78, 5) is 16.6. The first kappa shape index (κ1) is 16.2. The third kappa shape index (κ3) is 3.87. The van der Waals surface area contributed by atoms with Crippen LogP contribution in [-0.2, 0) is 4.79 Å². The summed E-state index contributed by atoms with van der Waals surface area (Å²) in [6.45, 7) is 0. The molecule has 124 valence electrons. The van der Waals surface area contributed by atoms with Gasteiger partial charge < -0.3 is 0 Å². The van der Waals surface area contributed by atoms with E-state index in [1.54, 1.807) is 11.3 Å². The lowest BCUT2D eigenvalue weighted by atomic mass is 10.2. The van der Waals surface area contributed by atoms with Crippen LogP contribution >= 0.6 is 34.4 Å². The summed E-state index contributed by atoms with van der Waals surface area (Å²) in [5.41, 5.74) is 1.95. The number of carbonyl (C=O) groups is 1. The Kier molecular flexibility index (Phi) is 4.73. The molecule has 0 radical (unpaired) electrons. The molecule has 0 aliphatic rings. The van der Waals surface area contributed by atoms with Crippen LogP contribution < -0.4 is 5.32 Å². The second-order valence-electron chi connectivity index (χ2n) is 5.06. The Morgan fingerprint density at radius 3 is 2.64 bits per heavy atom. The molecule has 5 nitrogen and oxygen atoms in total. The number of para-hydroxylation sites is 1. The van der Waals surface area contributed by atoms with Gasteiger partial charge in [0.2, 0.25) is 11.0 Å². The van der Waals surface area contributed by atoms with E-state index in [1.807, 2.05) is 54.6 Å². The Morgan fingerprint density at radius 1 is 1.00 bits per heavy atom. The molecule has 4 rings (SSSR count). The van der Waals surface area contributed by atoms with Crippen LogP contribution in [0, 0.1) is 0 Å². The first-order valence-electron chi connectivity index (χ1n) is 7.45. The highest BCUT2D eigenvalue weighted by Crippen LogP contribution is 2.30. The van der Waals surface area contributed by atoms with E-state index in [0.29, 0.717) is 10.9 Å². The van der Waals surface area contributed by atoms with Gasteiger partial charge >= 0.3 is 0 Å². The fraction of sp³-hybridized carbons (Fsp3) is 0.0588. The van der Waals surface area contributed by atoms with Crippen LogP contribution in [0.1, 0.15) is 0 Å². The number of hydrogen-bond donors (Lipinski definition) is 1. The minimum absolute atomic E-state index is 0.111. The Labute approximate surface area is 156 Å². The molecule has 0 unspecified atom stereocenters. The number of aromatic nitrogens is 3. The highest BCUT2D eigenvalue weighted by Gasteiger charge is 2.11. The van der Waals surface area contributed by atoms with E-state index in [4.69, 9.17) is 0 Å². The van der Waals surface area contributed by atoms with Gasteiger partial charge in [-0.3, -0.25) is 10.1 Å². The van der Waals surface area contributed by atoms with Crippen molar-refractivity contribution >= 4 is 55.7 Å². The maximum Gasteiger partial charge on any atom is 0.236 e. The van der Waals surface area contributed by atoms with Gasteiger partial charge in [0.15, 0.2) is 4.34 Å². The van der Waals surface area contributed by atoms with E-state index in [-0.39, 0.29) is 5.91 Å². The number of anilines is 1. The number of thiazole rings is 1. The molecule has 0 spiro atoms. The van der Waals surface area contributed by atoms with Gasteiger partial charge in [-0.15, -0.1) is 21.5 Å². The highest BCUT2D eigenvalue weighted by atomic mass is 32.2. The van der Waals surface area contributed by atoms with Crippen molar-refractivity contribution in [1.82, 2.24) is 15.2 Å². The minimum Gasteiger partial charge on any atom is -0.300 e. The quantitative estimate of drug-likeness (QED) is 0.512. The van der Waals surface area contributed by atoms with Gasteiger partial charge in [-0.2, -0.15) is 0 Å². The van der Waals surface area contributed by atoms with Crippen molar-refractivity contribution in [3.63, 3.8) is 0 Å². The first-order valence-corrected chi connectivity index (χ1v) is 10.1. The zero-order valence-electron chi connectivity index (χ0n) is 12.9. The number of rotatable bonds is 5. The number of nitrogens with zero attached hydrogens (tertiary/aromatic N) is 3. The number of carbonyl (C=O) groups excluding carboxylic acids is 1. The van der Waals surface area contributed by atoms with Crippen molar-refractivity contribution < 1.29 is 4.79 Å². The maximum atomic E-state index is 12.1. The molecule has 2 aromatic carbocycles. The molecular formula is C17H12N4OS3. The number of hydrogen-bond acceptors (Lipinski definition) is 7. The van der Waals surface area contributed by atoms with Crippen LogP contribution in [0.25, 0.3) is 20.8 Å². The van der Waals surface area contributed by atoms with Gasteiger partial charge in [0.05, 0.1) is 16.0 Å². The summed E-state index contributed by atoms with van der Waals surface area (Å²) < 4.78 is 2.01. The predicted molar refractivity (Wildman–Crippen MR) is 104 cm³/mol. The monoisotopic (exact) mass is 384 g/mol. The van der Waals surface area contributed by atoms with Gasteiger partial charge in [0.1, 0.15) is 5.01 Å². The van der Waals surface area contributed by atoms with E-state index in [9.17, 15) is 4.79 Å². The van der Waals surface area contributed by atoms with Crippen LogP contribution in [0.3, 0.4) is 0 Å². The Hall–Kier alpha value is -2.29. The van der Waals surface area contributed by atoms with Crippen LogP contribution in [0.2, 0.25) is 0 Å². The normalized spacial score (nSPS) is 10.9. The second kappa shape index (κ2) is 7.30. The standard InChI is InChI=1S/C17H12N4OS3/c22-14(10-23-17-18-12-8-4-5-9-13(12)24-17)19-16-21-20-15(25-16)11-6-2-1-3-7-11/h1-9H,10H2,(H,19,21,22). The number of fused-ring (bicyclic) bond motifs is 1. The Bertz CT molecular complexity index is 980. The topological polar surface area (TPSA) is 67.8 Å². The molecule has 4 aromatic rings. The van der Waals surface area contributed by atoms with Crippen LogP contribution in [0.15, 0.2) is 58.9 Å². The van der Waals surface area contributed by atoms with E-state index < -0.39 is 0 Å². The summed E-state index contributed by atoms with van der Waals surface area (Å²) in [6, 6.07) is 17.7. The van der Waals surface area contributed by atoms with Gasteiger partial charge in [-0.25, -0.2) is 4.98 Å². The number of benzene rings is 2. The largest absolute Gasteiger partial charge is 0.300 e. The lowest BCUT2D eigenvalue weighted by Gasteiger charge is -1.98. The highest BCUT2D eigenvalue weighted by molar-refractivity contribution is 8.01. The second-order valence-corrected chi connectivity index (χ2v) is 8.29. The summed E-state index contributed by atoms with van der Waals surface area (Å²) in [5.74, 6) is 0.181. The molecule has 2 heterocycles. The lowest BCUT2D eigenvalue weighted by Crippen LogP contribution is -2.13. The number of nitrogens with one attached hydrogen (secondary N) is 1. The summed E-state index contributed by atoms with van der Waals surface area (Å²) in [7, 11) is 0. The molecule has 0 bridgehead atoms. The van der Waals surface area contributed by atoms with Crippen molar-refractivity contribution in [2.24, 2.45) is 0 Å². The average molecular weight is 385 g/mol. The average Bonchev–Trinajstić information content (AvgIpc) is 3.27. The molecular weight excluding hydrogens is 372 g/mol. The molecule has 1 N–H and O–H groups in total. The first-order chi connectivity index (χ1) is 12.3. The molecule has 2 aromatic heterocycles. The third-order valence-corrected chi connectivity index (χ3v) is 6.36. The van der Waals surface area contributed by atoms with Crippen molar-refractivity contribution in [1.29, 1.82) is 0 Å². The lowest BCUT2D eigenvalue weighted by molar-refractivity contribution is -0.113. The van der Waals surface area contributed by atoms with Crippen molar-refractivity contribution in [3.05, 3.63) is 54.6 Å². The molecule has 0 aliphatic heterocycles. The fourth-order valence-electron chi connectivity index (χ4n) is 2.17. The molecule has 8 heteroatoms. The number of amides is 1. The van der Waals surface area contributed by atoms with Crippen LogP contribution in [0.5, 0.6) is 0 Å². The van der Waals surface area contributed by atoms with E-state index in [0.717, 1.165) is 25.1 Å². The molecule has 0 fully saturated rings. The van der Waals surface area contributed by atoms with Crippen molar-refractivity contribution in [3.8, 4) is 10.6 Å². The molecule has 25 heavy (non-hydrogen) atoms. The fourth-order valence-corrected chi connectivity index (χ4v) is 4.80. The predicted octanol–water partition coefficient (Wildman–Crippen LogP) is 4.55. The molecule has 0 saturated heterocycles. The van der Waals surface area contributed by atoms with Gasteiger partial charge in [0.25, 0.3) is 0 Å². The Morgan fingerprint density at radius 2 is 1.80 bits per heavy atom. The number of thioether (sulfide) groups is 1. The molecule has 0 saturated carbocycles. The van der Waals surface area contributed by atoms with E-state index >= 15 is 0 Å². The van der Waals surface area contributed by atoms with E-state index in [1.165, 1.54) is 23.1 Å². The van der Waals surface area contributed by atoms with Gasteiger partial charge in [-0.1, -0.05) is 65.6 Å². The zero-order chi connectivity index (χ0) is 17.1. The Balaban J connectivity index is 1.37. The summed E-state index contributed by atoms with van der Waals surface area (Å²) >= 11 is 4.39. The zero-order valence-corrected chi connectivity index (χ0v) is 15.3. The maximum absolute atomic E-state index is 12.1. The van der Waals surface area contributed by atoms with Crippen molar-refractivity contribution in [2.75, 3.05) is 11.1 Å². The SMILES string of the molecule is O=C(CSc1nc2ccccc2s1)Nc1nnc(-c2ccccc2)s1. The van der Waals surface area contributed by atoms with Crippen LogP contribution in [-0.4, -0.2) is 26.8 Å².